The Hall–Kier alpha value is -6.58. The Morgan fingerprint density at radius 2 is 0.708 bits per heavy atom. The molecule has 0 spiro atoms. The standard InChI is InChI=1S/C17H22O3.C16H24O3.C15H22O4.C14H22O3.C13H16O3.C12H18O3/c1-3-14-9-11-15(12-10-14)17(18)20-13(2)19-16-7-5-4-6-8-16;1-11(18-14-5-3-2-4-6-14)19-16(17)15-10-12-7-8-13(15)9-12;1-10(18-14-4-2-3-7-17-14)19-15(16)13-9-11-5-6-12(13)8-11;1-9(2)8-16-10(3)17-14(15)13-7-11-4-5-12(13)6-11;1-4-11-6-8-12(9-7-11)13(14)16-10(3)15-5-2;1-3-14-8(2)15-12(13)11-7-9-4-5-10(11)6-9/h3,9-13,16H,1,4-8H2,2H3;7-8,11-15H,2-6,9-10H2,1H3;5-6,10-14H,2-4,7-9H2,1H3;4-5,9-13H,6-8H2,1-3H3;4,6-10H,1,5H2,2-3H3;4-5,8-11H,3,6-7H2,1-2H3. The first-order valence-corrected chi connectivity index (χ1v) is 39.9. The highest BCUT2D eigenvalue weighted by Crippen LogP contribution is 2.47. The minimum atomic E-state index is -0.517. The molecule has 11 aliphatic rings. The number of hydrogen-bond acceptors (Lipinski definition) is 19. The molecule has 1 heterocycles. The van der Waals surface area contributed by atoms with Crippen LogP contribution in [-0.4, -0.2) is 118 Å². The Kier molecular flexibility index (Phi) is 35.4. The normalized spacial score (nSPS) is 28.3. The summed E-state index contributed by atoms with van der Waals surface area (Å²) in [5.41, 5.74) is 2.99. The molecule has 7 fully saturated rings. The topological polar surface area (TPSA) is 222 Å². The van der Waals surface area contributed by atoms with Crippen LogP contribution in [0.4, 0.5) is 0 Å². The van der Waals surface area contributed by atoms with Gasteiger partial charge in [-0.3, -0.25) is 19.2 Å². The van der Waals surface area contributed by atoms with E-state index in [1.54, 1.807) is 71.0 Å². The zero-order chi connectivity index (χ0) is 76.1. The Bertz CT molecular complexity index is 3100. The SMILES string of the molecule is C=Cc1ccc(C(=O)OC(C)OC2CCCCC2)cc1.C=Cc1ccc(C(=O)OC(C)OCC)cc1.CC(C)COC(C)OC(=O)C1CC2C=CC1C2.CC(OC(=O)C1CC2C=CC1C2)OC1CCCCC1.CC(OC(=O)C1CC2C=CC1C2)OC1CCCCO1.CCOC(C)OC(=O)C1CC2C=CC1C2. The molecule has 2 aromatic carbocycles. The molecule has 1 saturated heterocycles. The third-order valence-electron chi connectivity index (χ3n) is 21.6. The Morgan fingerprint density at radius 3 is 1.02 bits per heavy atom. The number of allylic oxidation sites excluding steroid dienone is 8. The molecule has 586 valence electrons. The highest BCUT2D eigenvalue weighted by atomic mass is 16.8. The maximum absolute atomic E-state index is 12.2. The van der Waals surface area contributed by atoms with Crippen molar-refractivity contribution in [3.05, 3.63) is 133 Å². The van der Waals surface area contributed by atoms with Gasteiger partial charge in [0.25, 0.3) is 0 Å². The van der Waals surface area contributed by atoms with Gasteiger partial charge in [-0.15, -0.1) is 0 Å². The first-order valence-electron chi connectivity index (χ1n) is 39.9. The third-order valence-corrected chi connectivity index (χ3v) is 21.6. The first-order chi connectivity index (χ1) is 51.1. The molecule has 19 heteroatoms. The van der Waals surface area contributed by atoms with Gasteiger partial charge in [0.1, 0.15) is 0 Å². The van der Waals surface area contributed by atoms with E-state index in [0.717, 1.165) is 114 Å². The average molecular weight is 1470 g/mol. The fraction of sp³-hybridized carbons (Fsp3) is 0.655. The maximum Gasteiger partial charge on any atom is 0.340 e. The summed E-state index contributed by atoms with van der Waals surface area (Å²) in [4.78, 5) is 71.6. The van der Waals surface area contributed by atoms with Gasteiger partial charge in [-0.1, -0.05) is 151 Å². The van der Waals surface area contributed by atoms with Gasteiger partial charge in [-0.25, -0.2) is 9.59 Å². The molecule has 106 heavy (non-hydrogen) atoms. The number of carbonyl (C=O) groups excluding carboxylic acids is 6. The van der Waals surface area contributed by atoms with E-state index < -0.39 is 37.7 Å². The van der Waals surface area contributed by atoms with Crippen LogP contribution in [0.3, 0.4) is 0 Å². The van der Waals surface area contributed by atoms with Crippen LogP contribution in [0.25, 0.3) is 12.2 Å². The van der Waals surface area contributed by atoms with E-state index in [4.69, 9.17) is 61.6 Å². The molecule has 0 aromatic heterocycles. The summed E-state index contributed by atoms with van der Waals surface area (Å²) in [6.07, 6.45) is 41.9. The number of esters is 6. The predicted octanol–water partition coefficient (Wildman–Crippen LogP) is 18.0. The molecule has 2 aromatic rings. The number of benzene rings is 2. The van der Waals surface area contributed by atoms with Crippen molar-refractivity contribution >= 4 is 48.0 Å². The lowest BCUT2D eigenvalue weighted by Crippen LogP contribution is -2.31. The van der Waals surface area contributed by atoms with Crippen molar-refractivity contribution in [2.75, 3.05) is 26.4 Å². The molecular formula is C87H124O19. The minimum absolute atomic E-state index is 0.0355. The van der Waals surface area contributed by atoms with Gasteiger partial charge in [0.05, 0.1) is 53.6 Å². The largest absolute Gasteiger partial charge is 0.436 e. The van der Waals surface area contributed by atoms with Gasteiger partial charge in [-0.05, 0) is 240 Å². The van der Waals surface area contributed by atoms with Crippen LogP contribution in [0.5, 0.6) is 0 Å². The number of rotatable bonds is 27. The van der Waals surface area contributed by atoms with Crippen molar-refractivity contribution < 1.29 is 90.3 Å². The van der Waals surface area contributed by atoms with Crippen LogP contribution in [0.1, 0.15) is 236 Å². The second-order valence-electron chi connectivity index (χ2n) is 30.5. The van der Waals surface area contributed by atoms with Crippen molar-refractivity contribution in [2.45, 2.75) is 260 Å². The van der Waals surface area contributed by atoms with Gasteiger partial charge in [0.2, 0.25) is 12.6 Å². The minimum Gasteiger partial charge on any atom is -0.436 e. The zero-order valence-electron chi connectivity index (χ0n) is 64.9. The van der Waals surface area contributed by atoms with Crippen molar-refractivity contribution in [1.82, 2.24) is 0 Å². The second kappa shape index (κ2) is 44.2. The van der Waals surface area contributed by atoms with E-state index in [1.807, 2.05) is 45.0 Å². The van der Waals surface area contributed by atoms with Crippen molar-refractivity contribution in [2.24, 2.45) is 76.9 Å². The van der Waals surface area contributed by atoms with Crippen LogP contribution in [0, 0.1) is 76.9 Å². The van der Waals surface area contributed by atoms with Gasteiger partial charge in [0, 0.05) is 19.8 Å². The fourth-order valence-electron chi connectivity index (χ4n) is 16.1. The fourth-order valence-corrected chi connectivity index (χ4v) is 16.1. The smallest absolute Gasteiger partial charge is 0.340 e. The molecule has 0 radical (unpaired) electrons. The van der Waals surface area contributed by atoms with Crippen LogP contribution in [0.15, 0.2) is 110 Å². The molecule has 8 bridgehead atoms. The van der Waals surface area contributed by atoms with E-state index >= 15 is 0 Å². The lowest BCUT2D eigenvalue weighted by atomic mass is 9.94. The van der Waals surface area contributed by atoms with Crippen molar-refractivity contribution in [3.8, 4) is 0 Å². The summed E-state index contributed by atoms with van der Waals surface area (Å²) < 4.78 is 70.3. The molecule has 19 nitrogen and oxygen atoms in total. The summed E-state index contributed by atoms with van der Waals surface area (Å²) in [6, 6.07) is 14.2. The first kappa shape index (κ1) is 85.0. The van der Waals surface area contributed by atoms with E-state index in [-0.39, 0.29) is 78.0 Å². The predicted molar refractivity (Wildman–Crippen MR) is 405 cm³/mol. The van der Waals surface area contributed by atoms with Gasteiger partial charge in [-0.2, -0.15) is 0 Å². The molecule has 6 saturated carbocycles. The summed E-state index contributed by atoms with van der Waals surface area (Å²) in [7, 11) is 0. The lowest BCUT2D eigenvalue weighted by molar-refractivity contribution is -0.246. The number of hydrogen-bond donors (Lipinski definition) is 0. The van der Waals surface area contributed by atoms with Gasteiger partial charge >= 0.3 is 35.8 Å². The molecule has 19 atom stereocenters. The molecule has 1 aliphatic heterocycles. The van der Waals surface area contributed by atoms with Crippen LogP contribution in [0.2, 0.25) is 0 Å². The molecule has 13 rings (SSSR count). The van der Waals surface area contributed by atoms with E-state index in [2.05, 4.69) is 75.6 Å². The molecular weight excluding hydrogens is 1350 g/mol. The van der Waals surface area contributed by atoms with Crippen LogP contribution >= 0.6 is 0 Å². The third kappa shape index (κ3) is 27.8. The molecule has 0 N–H and O–H groups in total. The summed E-state index contributed by atoms with van der Waals surface area (Å²) in [5.74, 6) is 3.67. The number of ether oxygens (including phenoxy) is 13. The Labute approximate surface area is 631 Å². The Morgan fingerprint density at radius 1 is 0.387 bits per heavy atom. The second-order valence-corrected chi connectivity index (χ2v) is 30.5. The highest BCUT2D eigenvalue weighted by molar-refractivity contribution is 5.90. The van der Waals surface area contributed by atoms with Crippen LogP contribution < -0.4 is 0 Å². The average Bonchev–Trinajstić information content (AvgIpc) is 1.68. The summed E-state index contributed by atoms with van der Waals surface area (Å²) in [6.45, 7) is 28.4. The zero-order valence-corrected chi connectivity index (χ0v) is 64.9. The molecule has 0 amide bonds. The van der Waals surface area contributed by atoms with E-state index in [9.17, 15) is 28.8 Å². The van der Waals surface area contributed by atoms with E-state index in [0.29, 0.717) is 84.2 Å². The van der Waals surface area contributed by atoms with Gasteiger partial charge < -0.3 is 61.6 Å². The Balaban J connectivity index is 0.000000161. The maximum atomic E-state index is 12.2. The van der Waals surface area contributed by atoms with E-state index in [1.165, 1.54) is 38.5 Å². The molecule has 19 unspecified atom stereocenters. The van der Waals surface area contributed by atoms with Crippen LogP contribution in [-0.2, 0) is 80.8 Å². The monoisotopic (exact) mass is 1470 g/mol. The summed E-state index contributed by atoms with van der Waals surface area (Å²) >= 11 is 0. The highest BCUT2D eigenvalue weighted by Gasteiger charge is 2.45. The summed E-state index contributed by atoms with van der Waals surface area (Å²) in [5, 5.41) is 0. The van der Waals surface area contributed by atoms with Crippen molar-refractivity contribution in [1.29, 1.82) is 0 Å². The lowest BCUT2D eigenvalue weighted by Gasteiger charge is -2.27. The quantitative estimate of drug-likeness (QED) is 0.0351. The van der Waals surface area contributed by atoms with Crippen molar-refractivity contribution in [3.63, 3.8) is 0 Å². The number of fused-ring (bicyclic) bond motifs is 8. The molecule has 10 aliphatic carbocycles. The van der Waals surface area contributed by atoms with Gasteiger partial charge in [0.15, 0.2) is 31.5 Å². The number of carbonyl (C=O) groups is 6.